The fraction of sp³-hybridized carbons (Fsp3) is 0.125. The third kappa shape index (κ3) is 2.71. The first kappa shape index (κ1) is 13.9. The molecule has 22 heavy (non-hydrogen) atoms. The minimum absolute atomic E-state index is 0.0854. The van der Waals surface area contributed by atoms with Crippen LogP contribution in [0.15, 0.2) is 53.6 Å². The van der Waals surface area contributed by atoms with Crippen molar-refractivity contribution in [3.63, 3.8) is 0 Å². The summed E-state index contributed by atoms with van der Waals surface area (Å²) in [6.07, 6.45) is 2.83. The van der Waals surface area contributed by atoms with Crippen LogP contribution in [0, 0.1) is 6.92 Å². The molecule has 2 heterocycles. The number of fused-ring (bicyclic) bond motifs is 1. The van der Waals surface area contributed by atoms with Crippen LogP contribution in [0.2, 0.25) is 0 Å². The Hall–Kier alpha value is -3.02. The van der Waals surface area contributed by atoms with Crippen molar-refractivity contribution in [3.8, 4) is 0 Å². The smallest absolute Gasteiger partial charge is 0.269 e. The molecule has 3 aromatic rings. The second-order valence-electron chi connectivity index (χ2n) is 4.89. The second kappa shape index (κ2) is 5.77. The maximum Gasteiger partial charge on any atom is 0.269 e. The third-order valence-electron chi connectivity index (χ3n) is 3.32. The van der Waals surface area contributed by atoms with Crippen molar-refractivity contribution in [1.29, 1.82) is 0 Å². The highest BCUT2D eigenvalue weighted by Crippen LogP contribution is 2.11. The molecular formula is C16H14N4O2. The Morgan fingerprint density at radius 1 is 1.18 bits per heavy atom. The van der Waals surface area contributed by atoms with Crippen LogP contribution in [0.4, 0.5) is 5.82 Å². The molecule has 110 valence electrons. The Kier molecular flexibility index (Phi) is 3.65. The lowest BCUT2D eigenvalue weighted by atomic mass is 10.3. The van der Waals surface area contributed by atoms with E-state index in [-0.39, 0.29) is 18.0 Å². The molecule has 6 heteroatoms. The van der Waals surface area contributed by atoms with Crippen molar-refractivity contribution in [1.82, 2.24) is 14.5 Å². The molecule has 0 bridgehead atoms. The van der Waals surface area contributed by atoms with E-state index in [1.54, 1.807) is 30.5 Å². The number of aryl methyl sites for hydroxylation is 1. The molecule has 0 spiro atoms. The topological polar surface area (TPSA) is 76.9 Å². The highest BCUT2D eigenvalue weighted by Gasteiger charge is 2.10. The lowest BCUT2D eigenvalue weighted by molar-refractivity contribution is -0.116. The van der Waals surface area contributed by atoms with Crippen molar-refractivity contribution in [2.75, 3.05) is 5.32 Å². The zero-order valence-corrected chi connectivity index (χ0v) is 12.0. The summed E-state index contributed by atoms with van der Waals surface area (Å²) in [6.45, 7) is 1.77. The molecule has 0 saturated carbocycles. The molecule has 0 aliphatic heterocycles. The van der Waals surface area contributed by atoms with Gasteiger partial charge in [0.25, 0.3) is 5.56 Å². The Labute approximate surface area is 126 Å². The molecule has 0 fully saturated rings. The zero-order chi connectivity index (χ0) is 15.5. The van der Waals surface area contributed by atoms with Gasteiger partial charge in [-0.1, -0.05) is 18.2 Å². The minimum atomic E-state index is -0.313. The molecule has 0 aliphatic carbocycles. The number of hydrogen-bond acceptors (Lipinski definition) is 4. The highest BCUT2D eigenvalue weighted by molar-refractivity contribution is 5.91. The van der Waals surface area contributed by atoms with Gasteiger partial charge in [-0.3, -0.25) is 14.2 Å². The number of para-hydroxylation sites is 2. The summed E-state index contributed by atoms with van der Waals surface area (Å²) in [5.74, 6) is 0.194. The van der Waals surface area contributed by atoms with Crippen LogP contribution in [-0.4, -0.2) is 20.4 Å². The minimum Gasteiger partial charge on any atom is -0.309 e. The van der Waals surface area contributed by atoms with E-state index >= 15 is 0 Å². The van der Waals surface area contributed by atoms with Gasteiger partial charge in [0.2, 0.25) is 5.91 Å². The average molecular weight is 294 g/mol. The maximum atomic E-state index is 12.2. The van der Waals surface area contributed by atoms with Gasteiger partial charge < -0.3 is 5.32 Å². The molecule has 0 aliphatic rings. The molecule has 0 unspecified atom stereocenters. The molecule has 1 aromatic carbocycles. The summed E-state index contributed by atoms with van der Waals surface area (Å²) in [5.41, 5.74) is 1.85. The first-order chi connectivity index (χ1) is 10.6. The summed E-state index contributed by atoms with van der Waals surface area (Å²) in [6, 6.07) is 10.9. The highest BCUT2D eigenvalue weighted by atomic mass is 16.2. The quantitative estimate of drug-likeness (QED) is 0.798. The number of carbonyl (C=O) groups excluding carboxylic acids is 1. The summed E-state index contributed by atoms with van der Waals surface area (Å²) in [4.78, 5) is 32.4. The van der Waals surface area contributed by atoms with Gasteiger partial charge in [-0.05, 0) is 30.7 Å². The van der Waals surface area contributed by atoms with E-state index in [9.17, 15) is 9.59 Å². The molecular weight excluding hydrogens is 280 g/mol. The Morgan fingerprint density at radius 2 is 2.00 bits per heavy atom. The summed E-state index contributed by atoms with van der Waals surface area (Å²) < 4.78 is 1.40. The third-order valence-corrected chi connectivity index (χ3v) is 3.32. The largest absolute Gasteiger partial charge is 0.309 e. The summed E-state index contributed by atoms with van der Waals surface area (Å²) in [5, 5.41) is 2.72. The summed E-state index contributed by atoms with van der Waals surface area (Å²) >= 11 is 0. The number of anilines is 1. The number of carbonyl (C=O) groups is 1. The zero-order valence-electron chi connectivity index (χ0n) is 12.0. The van der Waals surface area contributed by atoms with Crippen LogP contribution in [0.25, 0.3) is 11.0 Å². The van der Waals surface area contributed by atoms with E-state index in [2.05, 4.69) is 15.3 Å². The van der Waals surface area contributed by atoms with Gasteiger partial charge in [0.1, 0.15) is 12.4 Å². The van der Waals surface area contributed by atoms with E-state index in [1.807, 2.05) is 19.1 Å². The molecule has 1 N–H and O–H groups in total. The van der Waals surface area contributed by atoms with E-state index in [1.165, 1.54) is 10.8 Å². The van der Waals surface area contributed by atoms with E-state index in [0.717, 1.165) is 5.56 Å². The number of hydrogen-bond donors (Lipinski definition) is 1. The van der Waals surface area contributed by atoms with Gasteiger partial charge in [0, 0.05) is 6.20 Å². The van der Waals surface area contributed by atoms with Gasteiger partial charge >= 0.3 is 0 Å². The molecule has 1 amide bonds. The van der Waals surface area contributed by atoms with E-state index in [4.69, 9.17) is 0 Å². The van der Waals surface area contributed by atoms with E-state index < -0.39 is 0 Å². The lowest BCUT2D eigenvalue weighted by Gasteiger charge is -2.10. The second-order valence-corrected chi connectivity index (χ2v) is 4.89. The molecule has 0 atom stereocenters. The fourth-order valence-electron chi connectivity index (χ4n) is 2.21. The number of nitrogens with one attached hydrogen (secondary N) is 1. The SMILES string of the molecule is Cc1cccnc1NC(=O)Cn1c(=O)cnc2ccccc21. The van der Waals surface area contributed by atoms with Crippen molar-refractivity contribution >= 4 is 22.8 Å². The van der Waals surface area contributed by atoms with Crippen molar-refractivity contribution in [2.45, 2.75) is 13.5 Å². The van der Waals surface area contributed by atoms with Crippen LogP contribution < -0.4 is 10.9 Å². The van der Waals surface area contributed by atoms with Crippen molar-refractivity contribution in [2.24, 2.45) is 0 Å². The Morgan fingerprint density at radius 3 is 2.82 bits per heavy atom. The fourth-order valence-corrected chi connectivity index (χ4v) is 2.21. The lowest BCUT2D eigenvalue weighted by Crippen LogP contribution is -2.28. The monoisotopic (exact) mass is 294 g/mol. The van der Waals surface area contributed by atoms with Gasteiger partial charge in [-0.15, -0.1) is 0 Å². The Balaban J connectivity index is 1.90. The number of benzene rings is 1. The van der Waals surface area contributed by atoms with Gasteiger partial charge in [0.15, 0.2) is 0 Å². The molecule has 6 nitrogen and oxygen atoms in total. The van der Waals surface area contributed by atoms with Crippen LogP contribution in [0.3, 0.4) is 0 Å². The standard InChI is InChI=1S/C16H14N4O2/c1-11-5-4-8-17-16(11)19-14(21)10-20-13-7-3-2-6-12(13)18-9-15(20)22/h2-9H,10H2,1H3,(H,17,19,21). The number of nitrogens with zero attached hydrogens (tertiary/aromatic N) is 3. The molecule has 3 rings (SSSR count). The maximum absolute atomic E-state index is 12.2. The number of amides is 1. The first-order valence-electron chi connectivity index (χ1n) is 6.81. The first-order valence-corrected chi connectivity index (χ1v) is 6.81. The van der Waals surface area contributed by atoms with Crippen molar-refractivity contribution in [3.05, 3.63) is 64.7 Å². The van der Waals surface area contributed by atoms with E-state index in [0.29, 0.717) is 16.9 Å². The predicted molar refractivity (Wildman–Crippen MR) is 83.6 cm³/mol. The van der Waals surface area contributed by atoms with Crippen LogP contribution in [-0.2, 0) is 11.3 Å². The molecule has 0 saturated heterocycles. The number of rotatable bonds is 3. The van der Waals surface area contributed by atoms with Crippen LogP contribution in [0.1, 0.15) is 5.56 Å². The molecule has 2 aromatic heterocycles. The van der Waals surface area contributed by atoms with Crippen LogP contribution >= 0.6 is 0 Å². The van der Waals surface area contributed by atoms with Gasteiger partial charge in [0.05, 0.1) is 17.2 Å². The van der Waals surface area contributed by atoms with Crippen LogP contribution in [0.5, 0.6) is 0 Å². The van der Waals surface area contributed by atoms with Gasteiger partial charge in [-0.25, -0.2) is 9.97 Å². The normalized spacial score (nSPS) is 10.6. The molecule has 0 radical (unpaired) electrons. The summed E-state index contributed by atoms with van der Waals surface area (Å²) in [7, 11) is 0. The van der Waals surface area contributed by atoms with Crippen molar-refractivity contribution < 1.29 is 4.79 Å². The number of pyridine rings is 1. The predicted octanol–water partition coefficient (Wildman–Crippen LogP) is 1.74. The number of aromatic nitrogens is 3. The van der Waals surface area contributed by atoms with Gasteiger partial charge in [-0.2, -0.15) is 0 Å². The average Bonchev–Trinajstić information content (AvgIpc) is 2.52. The Bertz CT molecular complexity index is 902.